The molecule has 29 heavy (non-hydrogen) atoms. The van der Waals surface area contributed by atoms with Gasteiger partial charge < -0.3 is 15.3 Å². The number of rotatable bonds is 3. The number of hydrogen-bond donors (Lipinski definition) is 3. The minimum absolute atomic E-state index is 0.142. The van der Waals surface area contributed by atoms with Crippen LogP contribution in [0.25, 0.3) is 0 Å². The van der Waals surface area contributed by atoms with Gasteiger partial charge in [0, 0.05) is 11.8 Å². The summed E-state index contributed by atoms with van der Waals surface area (Å²) in [5.41, 5.74) is 5.65. The lowest BCUT2D eigenvalue weighted by atomic mass is 9.60. The van der Waals surface area contributed by atoms with Crippen LogP contribution in [-0.2, 0) is 0 Å². The Bertz CT molecular complexity index is 1100. The van der Waals surface area contributed by atoms with Crippen molar-refractivity contribution < 1.29 is 29.7 Å². The monoisotopic (exact) mass is 386 g/mol. The summed E-state index contributed by atoms with van der Waals surface area (Å²) in [6.45, 7) is 0. The summed E-state index contributed by atoms with van der Waals surface area (Å²) in [5.74, 6) is -3.76. The van der Waals surface area contributed by atoms with E-state index in [-0.39, 0.29) is 22.6 Å². The van der Waals surface area contributed by atoms with Crippen molar-refractivity contribution in [1.82, 2.24) is 0 Å². The lowest BCUT2D eigenvalue weighted by molar-refractivity contribution is 0.0686. The fourth-order valence-electron chi connectivity index (χ4n) is 4.67. The molecule has 0 unspecified atom stereocenters. The van der Waals surface area contributed by atoms with Gasteiger partial charge >= 0.3 is 17.9 Å². The van der Waals surface area contributed by atoms with Gasteiger partial charge in [0.2, 0.25) is 0 Å². The molecular weight excluding hydrogens is 372 g/mol. The van der Waals surface area contributed by atoms with E-state index in [1.54, 1.807) is 54.6 Å². The number of hydrogen-bond acceptors (Lipinski definition) is 3. The van der Waals surface area contributed by atoms with Gasteiger partial charge in [0.15, 0.2) is 0 Å². The van der Waals surface area contributed by atoms with Crippen molar-refractivity contribution in [3.63, 3.8) is 0 Å². The molecule has 3 aliphatic carbocycles. The Morgan fingerprint density at radius 3 is 1.03 bits per heavy atom. The Labute approximate surface area is 164 Å². The number of aromatic carboxylic acids is 3. The molecule has 0 fully saturated rings. The first-order chi connectivity index (χ1) is 13.9. The fourth-order valence-corrected chi connectivity index (χ4v) is 4.67. The molecule has 2 bridgehead atoms. The van der Waals surface area contributed by atoms with Gasteiger partial charge in [-0.3, -0.25) is 0 Å². The molecule has 0 saturated heterocycles. The summed E-state index contributed by atoms with van der Waals surface area (Å²) in [7, 11) is 0. The Morgan fingerprint density at radius 1 is 0.483 bits per heavy atom. The first-order valence-corrected chi connectivity index (χ1v) is 8.98. The number of benzene rings is 3. The van der Waals surface area contributed by atoms with Crippen molar-refractivity contribution in [3.05, 3.63) is 105 Å². The fraction of sp³-hybridized carbons (Fsp3) is 0.0870. The second kappa shape index (κ2) is 5.78. The van der Waals surface area contributed by atoms with Crippen LogP contribution >= 0.6 is 0 Å². The van der Waals surface area contributed by atoms with E-state index in [0.717, 1.165) is 33.4 Å². The molecule has 0 saturated carbocycles. The lowest BCUT2D eigenvalue weighted by Gasteiger charge is -2.42. The van der Waals surface area contributed by atoms with Crippen LogP contribution in [0.15, 0.2) is 54.6 Å². The van der Waals surface area contributed by atoms with Crippen molar-refractivity contribution in [2.75, 3.05) is 0 Å². The summed E-state index contributed by atoms with van der Waals surface area (Å²) in [5, 5.41) is 28.3. The lowest BCUT2D eigenvalue weighted by Crippen LogP contribution is -2.28. The maximum absolute atomic E-state index is 11.5. The third-order valence-corrected chi connectivity index (χ3v) is 5.87. The number of carbonyl (C=O) groups is 3. The molecule has 0 radical (unpaired) electrons. The van der Waals surface area contributed by atoms with E-state index in [2.05, 4.69) is 0 Å². The summed E-state index contributed by atoms with van der Waals surface area (Å²) < 4.78 is 0. The van der Waals surface area contributed by atoms with Gasteiger partial charge in [0.25, 0.3) is 0 Å². The minimum Gasteiger partial charge on any atom is -0.478 e. The van der Waals surface area contributed by atoms with E-state index < -0.39 is 23.8 Å². The molecule has 3 aliphatic rings. The van der Waals surface area contributed by atoms with Gasteiger partial charge in [-0.1, -0.05) is 18.2 Å². The standard InChI is InChI=1S/C23H14O6/c24-21(25)10-1-4-13-16(7-10)20-17-8-11(22(26)27)2-5-14(17)19(13)15-6-3-12(23(28)29)9-18(15)20/h1-9,19-20H,(H,24,25)(H,26,27)(H,28,29). The second-order valence-corrected chi connectivity index (χ2v) is 7.31. The van der Waals surface area contributed by atoms with Gasteiger partial charge in [-0.15, -0.1) is 0 Å². The second-order valence-electron chi connectivity index (χ2n) is 7.31. The Balaban J connectivity index is 1.83. The van der Waals surface area contributed by atoms with Crippen LogP contribution in [0.1, 0.15) is 76.3 Å². The first kappa shape index (κ1) is 17.2. The molecule has 142 valence electrons. The smallest absolute Gasteiger partial charge is 0.335 e. The van der Waals surface area contributed by atoms with Crippen molar-refractivity contribution >= 4 is 17.9 Å². The molecule has 3 aromatic rings. The van der Waals surface area contributed by atoms with Crippen LogP contribution < -0.4 is 0 Å². The van der Waals surface area contributed by atoms with Crippen LogP contribution in [0.4, 0.5) is 0 Å². The molecule has 0 atom stereocenters. The predicted octanol–water partition coefficient (Wildman–Crippen LogP) is 3.77. The van der Waals surface area contributed by atoms with Gasteiger partial charge in [-0.05, 0) is 69.8 Å². The average molecular weight is 386 g/mol. The molecule has 6 nitrogen and oxygen atoms in total. The maximum atomic E-state index is 11.5. The van der Waals surface area contributed by atoms with Crippen LogP contribution in [0.3, 0.4) is 0 Å². The molecule has 0 aromatic heterocycles. The quantitative estimate of drug-likeness (QED) is 0.435. The van der Waals surface area contributed by atoms with Gasteiger partial charge in [0.05, 0.1) is 16.7 Å². The number of carboxylic acid groups (broad SMARTS) is 3. The van der Waals surface area contributed by atoms with Crippen LogP contribution in [0.5, 0.6) is 0 Å². The predicted molar refractivity (Wildman–Crippen MR) is 102 cm³/mol. The normalized spacial score (nSPS) is 17.8. The molecule has 6 rings (SSSR count). The Hall–Kier alpha value is -3.93. The molecule has 0 spiro atoms. The first-order valence-electron chi connectivity index (χ1n) is 8.98. The summed E-state index contributed by atoms with van der Waals surface area (Å²) in [6.07, 6.45) is 0. The van der Waals surface area contributed by atoms with Crippen LogP contribution in [0, 0.1) is 0 Å². The molecule has 0 aliphatic heterocycles. The largest absolute Gasteiger partial charge is 0.478 e. The molecule has 0 amide bonds. The van der Waals surface area contributed by atoms with Crippen LogP contribution in [-0.4, -0.2) is 33.2 Å². The van der Waals surface area contributed by atoms with Crippen molar-refractivity contribution in [2.45, 2.75) is 11.8 Å². The zero-order valence-electron chi connectivity index (χ0n) is 14.9. The average Bonchev–Trinajstić information content (AvgIpc) is 2.71. The van der Waals surface area contributed by atoms with E-state index >= 15 is 0 Å². The zero-order valence-corrected chi connectivity index (χ0v) is 14.9. The summed E-state index contributed by atoms with van der Waals surface area (Å²) in [4.78, 5) is 34.5. The number of carboxylic acids is 3. The summed E-state index contributed by atoms with van der Waals surface area (Å²) in [6, 6.07) is 15.0. The van der Waals surface area contributed by atoms with Gasteiger partial charge in [0.1, 0.15) is 0 Å². The topological polar surface area (TPSA) is 112 Å². The highest BCUT2D eigenvalue weighted by Crippen LogP contribution is 2.56. The van der Waals surface area contributed by atoms with Gasteiger partial charge in [-0.25, -0.2) is 14.4 Å². The highest BCUT2D eigenvalue weighted by Gasteiger charge is 2.42. The van der Waals surface area contributed by atoms with Crippen molar-refractivity contribution in [2.24, 2.45) is 0 Å². The van der Waals surface area contributed by atoms with E-state index in [1.165, 1.54) is 0 Å². The van der Waals surface area contributed by atoms with Crippen molar-refractivity contribution in [1.29, 1.82) is 0 Å². The van der Waals surface area contributed by atoms with E-state index in [1.807, 2.05) is 0 Å². The van der Waals surface area contributed by atoms with E-state index in [0.29, 0.717) is 0 Å². The van der Waals surface area contributed by atoms with Crippen LogP contribution in [0.2, 0.25) is 0 Å². The molecule has 3 aromatic carbocycles. The molecule has 6 heteroatoms. The highest BCUT2D eigenvalue weighted by molar-refractivity contribution is 5.91. The SMILES string of the molecule is O=C(O)c1ccc2c(c1)C1c3cc(C(=O)O)ccc3C2c2ccc(C(=O)O)cc21. The summed E-state index contributed by atoms with van der Waals surface area (Å²) >= 11 is 0. The third-order valence-electron chi connectivity index (χ3n) is 5.87. The van der Waals surface area contributed by atoms with E-state index in [9.17, 15) is 29.7 Å². The van der Waals surface area contributed by atoms with E-state index in [4.69, 9.17) is 0 Å². The minimum atomic E-state index is -1.05. The zero-order chi connectivity index (χ0) is 20.4. The van der Waals surface area contributed by atoms with Gasteiger partial charge in [-0.2, -0.15) is 0 Å². The maximum Gasteiger partial charge on any atom is 0.335 e. The Morgan fingerprint density at radius 2 is 0.759 bits per heavy atom. The molecule has 3 N–H and O–H groups in total. The molecule has 0 heterocycles. The highest BCUT2D eigenvalue weighted by atomic mass is 16.4. The van der Waals surface area contributed by atoms with Crippen molar-refractivity contribution in [3.8, 4) is 0 Å². The third kappa shape index (κ3) is 2.32. The molecular formula is C23H14O6. The Kier molecular flexibility index (Phi) is 3.43.